The first-order chi connectivity index (χ1) is 7.84. The van der Waals surface area contributed by atoms with Crippen LogP contribution in [0.1, 0.15) is 0 Å². The largest absolute Gasteiger partial charge is 0.459 e. The van der Waals surface area contributed by atoms with E-state index in [0.717, 1.165) is 37.5 Å². The summed E-state index contributed by atoms with van der Waals surface area (Å²) >= 11 is 5.89. The average molecular weight is 239 g/mol. The number of rotatable bonds is 1. The van der Waals surface area contributed by atoms with Crippen molar-refractivity contribution in [2.24, 2.45) is 0 Å². The third-order valence-electron chi connectivity index (χ3n) is 2.67. The van der Waals surface area contributed by atoms with Gasteiger partial charge in [-0.15, -0.1) is 0 Å². The Morgan fingerprint density at radius 2 is 2.12 bits per heavy atom. The van der Waals surface area contributed by atoms with Crippen molar-refractivity contribution in [2.75, 3.05) is 31.1 Å². The first kappa shape index (κ1) is 9.86. The molecule has 0 radical (unpaired) electrons. The Hall–Kier alpha value is -1.33. The van der Waals surface area contributed by atoms with Gasteiger partial charge in [-0.1, -0.05) is 0 Å². The molecule has 1 aliphatic heterocycles. The number of halogens is 1. The SMILES string of the molecule is Clc1nc(N2CCNCC2)c2occc2n1. The van der Waals surface area contributed by atoms with Gasteiger partial charge < -0.3 is 14.6 Å². The van der Waals surface area contributed by atoms with Gasteiger partial charge in [0.2, 0.25) is 5.28 Å². The van der Waals surface area contributed by atoms with E-state index in [1.807, 2.05) is 0 Å². The van der Waals surface area contributed by atoms with Crippen LogP contribution in [0.25, 0.3) is 11.1 Å². The van der Waals surface area contributed by atoms with E-state index in [-0.39, 0.29) is 5.28 Å². The molecule has 3 rings (SSSR count). The standard InChI is InChI=1S/C10H11ClN4O/c11-10-13-7-1-6-16-8(7)9(14-10)15-4-2-12-3-5-15/h1,6,12H,2-5H2. The zero-order valence-electron chi connectivity index (χ0n) is 8.61. The first-order valence-electron chi connectivity index (χ1n) is 5.21. The molecule has 0 atom stereocenters. The third kappa shape index (κ3) is 1.62. The molecule has 6 heteroatoms. The summed E-state index contributed by atoms with van der Waals surface area (Å²) in [5, 5.41) is 3.56. The van der Waals surface area contributed by atoms with Gasteiger partial charge in [0, 0.05) is 32.2 Å². The van der Waals surface area contributed by atoms with Crippen molar-refractivity contribution < 1.29 is 4.42 Å². The number of hydrogen-bond acceptors (Lipinski definition) is 5. The lowest BCUT2D eigenvalue weighted by molar-refractivity contribution is 0.573. The molecular weight excluding hydrogens is 228 g/mol. The Bertz CT molecular complexity index is 506. The quantitative estimate of drug-likeness (QED) is 0.759. The maximum absolute atomic E-state index is 5.89. The van der Waals surface area contributed by atoms with E-state index in [2.05, 4.69) is 20.2 Å². The summed E-state index contributed by atoms with van der Waals surface area (Å²) in [6, 6.07) is 1.80. The van der Waals surface area contributed by atoms with Crippen molar-refractivity contribution in [3.05, 3.63) is 17.6 Å². The summed E-state index contributed by atoms with van der Waals surface area (Å²) in [7, 11) is 0. The van der Waals surface area contributed by atoms with Crippen molar-refractivity contribution in [1.82, 2.24) is 15.3 Å². The second-order valence-electron chi connectivity index (χ2n) is 3.69. The number of nitrogens with zero attached hydrogens (tertiary/aromatic N) is 3. The van der Waals surface area contributed by atoms with Crippen LogP contribution in [0, 0.1) is 0 Å². The molecule has 0 saturated carbocycles. The molecule has 0 amide bonds. The monoisotopic (exact) mass is 238 g/mol. The van der Waals surface area contributed by atoms with Crippen LogP contribution in [-0.4, -0.2) is 36.1 Å². The number of anilines is 1. The van der Waals surface area contributed by atoms with Crippen LogP contribution in [0.4, 0.5) is 5.82 Å². The summed E-state index contributed by atoms with van der Waals surface area (Å²) in [4.78, 5) is 10.5. The zero-order valence-corrected chi connectivity index (χ0v) is 9.37. The first-order valence-corrected chi connectivity index (χ1v) is 5.59. The van der Waals surface area contributed by atoms with Crippen molar-refractivity contribution in [3.8, 4) is 0 Å². The normalized spacial score (nSPS) is 16.9. The lowest BCUT2D eigenvalue weighted by Crippen LogP contribution is -2.44. The summed E-state index contributed by atoms with van der Waals surface area (Å²) in [5.74, 6) is 0.793. The predicted molar refractivity (Wildman–Crippen MR) is 61.9 cm³/mol. The van der Waals surface area contributed by atoms with Crippen molar-refractivity contribution >= 4 is 28.5 Å². The predicted octanol–water partition coefficient (Wildman–Crippen LogP) is 1.29. The molecule has 0 spiro atoms. The molecule has 1 saturated heterocycles. The van der Waals surface area contributed by atoms with Gasteiger partial charge in [0.25, 0.3) is 0 Å². The van der Waals surface area contributed by atoms with Crippen molar-refractivity contribution in [2.45, 2.75) is 0 Å². The molecule has 0 aromatic carbocycles. The van der Waals surface area contributed by atoms with Gasteiger partial charge in [-0.25, -0.2) is 4.98 Å². The van der Waals surface area contributed by atoms with E-state index in [4.69, 9.17) is 16.0 Å². The van der Waals surface area contributed by atoms with Crippen LogP contribution in [0.15, 0.2) is 16.7 Å². The summed E-state index contributed by atoms with van der Waals surface area (Å²) in [6.07, 6.45) is 1.61. The van der Waals surface area contributed by atoms with Crippen LogP contribution in [0.3, 0.4) is 0 Å². The minimum Gasteiger partial charge on any atom is -0.459 e. The molecule has 3 heterocycles. The second kappa shape index (κ2) is 3.92. The highest BCUT2D eigenvalue weighted by Crippen LogP contribution is 2.26. The van der Waals surface area contributed by atoms with Gasteiger partial charge in [-0.05, 0) is 11.6 Å². The van der Waals surface area contributed by atoms with Crippen LogP contribution in [0.5, 0.6) is 0 Å². The Morgan fingerprint density at radius 1 is 1.31 bits per heavy atom. The van der Waals surface area contributed by atoms with Gasteiger partial charge in [-0.2, -0.15) is 4.98 Å². The molecule has 1 fully saturated rings. The molecule has 0 unspecified atom stereocenters. The molecule has 2 aromatic heterocycles. The number of nitrogens with one attached hydrogen (secondary N) is 1. The molecule has 0 aliphatic carbocycles. The smallest absolute Gasteiger partial charge is 0.225 e. The van der Waals surface area contributed by atoms with Crippen molar-refractivity contribution in [1.29, 1.82) is 0 Å². The number of piperazine rings is 1. The Kier molecular flexibility index (Phi) is 2.41. The number of furan rings is 1. The summed E-state index contributed by atoms with van der Waals surface area (Å²) in [6.45, 7) is 3.71. The molecule has 84 valence electrons. The van der Waals surface area contributed by atoms with E-state index in [9.17, 15) is 0 Å². The molecular formula is C10H11ClN4O. The van der Waals surface area contributed by atoms with Crippen LogP contribution >= 0.6 is 11.6 Å². The summed E-state index contributed by atoms with van der Waals surface area (Å²) < 4.78 is 5.41. The van der Waals surface area contributed by atoms with E-state index < -0.39 is 0 Å². The lowest BCUT2D eigenvalue weighted by atomic mass is 10.3. The van der Waals surface area contributed by atoms with Crippen molar-refractivity contribution in [3.63, 3.8) is 0 Å². The zero-order chi connectivity index (χ0) is 11.0. The molecule has 2 aromatic rings. The highest BCUT2D eigenvalue weighted by molar-refractivity contribution is 6.28. The van der Waals surface area contributed by atoms with Crippen LogP contribution in [0.2, 0.25) is 5.28 Å². The Balaban J connectivity index is 2.09. The van der Waals surface area contributed by atoms with E-state index in [1.54, 1.807) is 12.3 Å². The van der Waals surface area contributed by atoms with Gasteiger partial charge >= 0.3 is 0 Å². The van der Waals surface area contributed by atoms with E-state index in [1.165, 1.54) is 0 Å². The van der Waals surface area contributed by atoms with Crippen LogP contribution in [-0.2, 0) is 0 Å². The topological polar surface area (TPSA) is 54.2 Å². The number of fused-ring (bicyclic) bond motifs is 1. The van der Waals surface area contributed by atoms with Crippen LogP contribution < -0.4 is 10.2 Å². The molecule has 1 aliphatic rings. The minimum atomic E-state index is 0.266. The number of aromatic nitrogens is 2. The molecule has 1 N–H and O–H groups in total. The molecule has 16 heavy (non-hydrogen) atoms. The maximum Gasteiger partial charge on any atom is 0.225 e. The average Bonchev–Trinajstić information content (AvgIpc) is 2.77. The van der Waals surface area contributed by atoms with E-state index in [0.29, 0.717) is 5.58 Å². The second-order valence-corrected chi connectivity index (χ2v) is 4.03. The summed E-state index contributed by atoms with van der Waals surface area (Å²) in [5.41, 5.74) is 1.47. The molecule has 0 bridgehead atoms. The molecule has 5 nitrogen and oxygen atoms in total. The lowest BCUT2D eigenvalue weighted by Gasteiger charge is -2.28. The highest BCUT2D eigenvalue weighted by atomic mass is 35.5. The number of hydrogen-bond donors (Lipinski definition) is 1. The fourth-order valence-corrected chi connectivity index (χ4v) is 2.08. The van der Waals surface area contributed by atoms with E-state index >= 15 is 0 Å². The third-order valence-corrected chi connectivity index (χ3v) is 2.84. The van der Waals surface area contributed by atoms with Gasteiger partial charge in [0.15, 0.2) is 11.4 Å². The highest BCUT2D eigenvalue weighted by Gasteiger charge is 2.18. The van der Waals surface area contributed by atoms with Gasteiger partial charge in [-0.3, -0.25) is 0 Å². The Morgan fingerprint density at radius 3 is 2.94 bits per heavy atom. The fraction of sp³-hybridized carbons (Fsp3) is 0.400. The fourth-order valence-electron chi connectivity index (χ4n) is 1.91. The van der Waals surface area contributed by atoms with Gasteiger partial charge in [0.05, 0.1) is 6.26 Å². The maximum atomic E-state index is 5.89. The van der Waals surface area contributed by atoms with Gasteiger partial charge in [0.1, 0.15) is 5.52 Å². The minimum absolute atomic E-state index is 0.266. The Labute approximate surface area is 97.4 Å².